The average molecular weight is 460 g/mol. The molecule has 0 N–H and O–H groups in total. The SMILES string of the molecule is Cc1ccc(-n2nc(-c3cccn3C)cc2C(=O)N2CCN(c3ccccc3Cl)CC2)cc1. The topological polar surface area (TPSA) is 46.3 Å². The summed E-state index contributed by atoms with van der Waals surface area (Å²) in [6.45, 7) is 4.77. The molecule has 0 spiro atoms. The monoisotopic (exact) mass is 459 g/mol. The first-order chi connectivity index (χ1) is 16.0. The first kappa shape index (κ1) is 21.3. The number of hydrogen-bond donors (Lipinski definition) is 0. The molecule has 4 aromatic rings. The van der Waals surface area contributed by atoms with E-state index < -0.39 is 0 Å². The third kappa shape index (κ3) is 4.14. The molecule has 33 heavy (non-hydrogen) atoms. The van der Waals surface area contributed by atoms with E-state index in [9.17, 15) is 4.79 Å². The van der Waals surface area contributed by atoms with Gasteiger partial charge in [0.15, 0.2) is 0 Å². The van der Waals surface area contributed by atoms with Crippen molar-refractivity contribution in [2.75, 3.05) is 31.1 Å². The highest BCUT2D eigenvalue weighted by molar-refractivity contribution is 6.33. The highest BCUT2D eigenvalue weighted by atomic mass is 35.5. The number of para-hydroxylation sites is 1. The number of aromatic nitrogens is 3. The van der Waals surface area contributed by atoms with E-state index >= 15 is 0 Å². The molecule has 1 fully saturated rings. The number of nitrogens with zero attached hydrogens (tertiary/aromatic N) is 5. The van der Waals surface area contributed by atoms with Gasteiger partial charge in [0, 0.05) is 39.4 Å². The van der Waals surface area contributed by atoms with Gasteiger partial charge in [-0.3, -0.25) is 4.79 Å². The second-order valence-electron chi connectivity index (χ2n) is 8.40. The van der Waals surface area contributed by atoms with E-state index in [1.54, 1.807) is 4.68 Å². The minimum atomic E-state index is -0.0117. The molecule has 2 aromatic heterocycles. The molecule has 5 rings (SSSR count). The Morgan fingerprint density at radius 3 is 2.33 bits per heavy atom. The molecule has 3 heterocycles. The third-order valence-corrected chi connectivity index (χ3v) is 6.49. The van der Waals surface area contributed by atoms with Crippen LogP contribution in [0.4, 0.5) is 5.69 Å². The minimum absolute atomic E-state index is 0.0117. The van der Waals surface area contributed by atoms with Crippen molar-refractivity contribution in [1.82, 2.24) is 19.2 Å². The van der Waals surface area contributed by atoms with Crippen LogP contribution in [0.1, 0.15) is 16.1 Å². The van der Waals surface area contributed by atoms with Gasteiger partial charge in [-0.1, -0.05) is 41.4 Å². The maximum Gasteiger partial charge on any atom is 0.272 e. The van der Waals surface area contributed by atoms with Crippen LogP contribution < -0.4 is 4.90 Å². The largest absolute Gasteiger partial charge is 0.367 e. The van der Waals surface area contributed by atoms with Gasteiger partial charge < -0.3 is 14.4 Å². The normalized spacial score (nSPS) is 14.0. The summed E-state index contributed by atoms with van der Waals surface area (Å²) in [5.41, 5.74) is 5.37. The lowest BCUT2D eigenvalue weighted by atomic mass is 10.2. The summed E-state index contributed by atoms with van der Waals surface area (Å²) in [5, 5.41) is 5.56. The lowest BCUT2D eigenvalue weighted by molar-refractivity contribution is 0.0737. The van der Waals surface area contributed by atoms with Gasteiger partial charge in [-0.25, -0.2) is 4.68 Å². The second kappa shape index (κ2) is 8.79. The molecule has 168 valence electrons. The molecule has 1 aliphatic heterocycles. The Bertz CT molecular complexity index is 1280. The second-order valence-corrected chi connectivity index (χ2v) is 8.80. The predicted molar refractivity (Wildman–Crippen MR) is 132 cm³/mol. The molecule has 1 saturated heterocycles. The van der Waals surface area contributed by atoms with E-state index in [1.807, 2.05) is 96.4 Å². The van der Waals surface area contributed by atoms with E-state index in [2.05, 4.69) is 4.90 Å². The van der Waals surface area contributed by atoms with Crippen molar-refractivity contribution >= 4 is 23.2 Å². The average Bonchev–Trinajstić information content (AvgIpc) is 3.46. The van der Waals surface area contributed by atoms with E-state index in [-0.39, 0.29) is 5.91 Å². The van der Waals surface area contributed by atoms with Crippen molar-refractivity contribution in [2.45, 2.75) is 6.92 Å². The lowest BCUT2D eigenvalue weighted by Gasteiger charge is -2.36. The summed E-state index contributed by atoms with van der Waals surface area (Å²) < 4.78 is 3.78. The maximum atomic E-state index is 13.7. The maximum absolute atomic E-state index is 13.7. The molecule has 0 radical (unpaired) electrons. The Balaban J connectivity index is 1.44. The Morgan fingerprint density at radius 2 is 1.67 bits per heavy atom. The molecule has 0 atom stereocenters. The van der Waals surface area contributed by atoms with E-state index in [4.69, 9.17) is 16.7 Å². The van der Waals surface area contributed by atoms with Gasteiger partial charge in [0.2, 0.25) is 0 Å². The lowest BCUT2D eigenvalue weighted by Crippen LogP contribution is -2.49. The van der Waals surface area contributed by atoms with Gasteiger partial charge in [0.25, 0.3) is 5.91 Å². The highest BCUT2D eigenvalue weighted by Gasteiger charge is 2.27. The van der Waals surface area contributed by atoms with Crippen molar-refractivity contribution in [3.63, 3.8) is 0 Å². The molecule has 0 unspecified atom stereocenters. The van der Waals surface area contributed by atoms with Crippen LogP contribution in [-0.2, 0) is 7.05 Å². The molecule has 0 aliphatic carbocycles. The van der Waals surface area contributed by atoms with Crippen LogP contribution >= 0.6 is 11.6 Å². The molecular formula is C26H26ClN5O. The van der Waals surface area contributed by atoms with Crippen LogP contribution in [0.25, 0.3) is 17.1 Å². The van der Waals surface area contributed by atoms with Crippen molar-refractivity contribution in [3.05, 3.63) is 89.2 Å². The molecule has 1 aliphatic rings. The molecule has 7 heteroatoms. The van der Waals surface area contributed by atoms with Crippen LogP contribution in [0.2, 0.25) is 5.02 Å². The molecule has 0 saturated carbocycles. The fraction of sp³-hybridized carbons (Fsp3) is 0.231. The van der Waals surface area contributed by atoms with Gasteiger partial charge in [-0.2, -0.15) is 5.10 Å². The van der Waals surface area contributed by atoms with Crippen LogP contribution in [0.3, 0.4) is 0 Å². The molecule has 2 aromatic carbocycles. The molecule has 6 nitrogen and oxygen atoms in total. The van der Waals surface area contributed by atoms with Crippen molar-refractivity contribution in [1.29, 1.82) is 0 Å². The zero-order valence-corrected chi connectivity index (χ0v) is 19.5. The minimum Gasteiger partial charge on any atom is -0.367 e. The standard InChI is InChI=1S/C26H26ClN5O/c1-19-9-11-20(12-10-19)32-25(18-22(28-32)24-8-5-13-29(24)2)26(33)31-16-14-30(15-17-31)23-7-4-3-6-21(23)27/h3-13,18H,14-17H2,1-2H3. The van der Waals surface area contributed by atoms with Crippen molar-refractivity contribution < 1.29 is 4.79 Å². The van der Waals surface area contributed by atoms with Crippen LogP contribution in [-0.4, -0.2) is 51.3 Å². The van der Waals surface area contributed by atoms with Gasteiger partial charge in [-0.15, -0.1) is 0 Å². The Hall–Kier alpha value is -3.51. The Kier molecular flexibility index (Phi) is 5.68. The number of carbonyl (C=O) groups is 1. The van der Waals surface area contributed by atoms with Crippen LogP contribution in [0.15, 0.2) is 72.9 Å². The highest BCUT2D eigenvalue weighted by Crippen LogP contribution is 2.27. The van der Waals surface area contributed by atoms with Gasteiger partial charge in [0.1, 0.15) is 11.4 Å². The number of rotatable bonds is 4. The third-order valence-electron chi connectivity index (χ3n) is 6.17. The number of piperazine rings is 1. The number of amides is 1. The molecule has 0 bridgehead atoms. The van der Waals surface area contributed by atoms with Crippen molar-refractivity contribution in [3.8, 4) is 17.1 Å². The summed E-state index contributed by atoms with van der Waals surface area (Å²) in [6, 6.07) is 21.8. The predicted octanol–water partition coefficient (Wildman–Crippen LogP) is 4.80. The number of aryl methyl sites for hydroxylation is 2. The van der Waals surface area contributed by atoms with E-state index in [1.165, 1.54) is 0 Å². The van der Waals surface area contributed by atoms with Crippen LogP contribution in [0, 0.1) is 6.92 Å². The summed E-state index contributed by atoms with van der Waals surface area (Å²) in [6.07, 6.45) is 1.98. The Labute approximate surface area is 198 Å². The number of anilines is 1. The summed E-state index contributed by atoms with van der Waals surface area (Å²) in [5.74, 6) is -0.0117. The summed E-state index contributed by atoms with van der Waals surface area (Å²) >= 11 is 6.38. The molecule has 1 amide bonds. The fourth-order valence-corrected chi connectivity index (χ4v) is 4.54. The molecular weight excluding hydrogens is 434 g/mol. The first-order valence-electron chi connectivity index (χ1n) is 11.1. The number of halogens is 1. The zero-order chi connectivity index (χ0) is 22.9. The number of hydrogen-bond acceptors (Lipinski definition) is 3. The summed E-state index contributed by atoms with van der Waals surface area (Å²) in [7, 11) is 1.98. The first-order valence-corrected chi connectivity index (χ1v) is 11.5. The van der Waals surface area contributed by atoms with Crippen molar-refractivity contribution in [2.24, 2.45) is 7.05 Å². The van der Waals surface area contributed by atoms with E-state index in [0.717, 1.165) is 46.4 Å². The number of carbonyl (C=O) groups excluding carboxylic acids is 1. The van der Waals surface area contributed by atoms with Gasteiger partial charge in [0.05, 0.1) is 22.1 Å². The van der Waals surface area contributed by atoms with Gasteiger partial charge in [-0.05, 0) is 49.4 Å². The summed E-state index contributed by atoms with van der Waals surface area (Å²) in [4.78, 5) is 17.8. The fourth-order valence-electron chi connectivity index (χ4n) is 4.29. The zero-order valence-electron chi connectivity index (χ0n) is 18.8. The van der Waals surface area contributed by atoms with Crippen LogP contribution in [0.5, 0.6) is 0 Å². The van der Waals surface area contributed by atoms with E-state index in [0.29, 0.717) is 18.8 Å². The smallest absolute Gasteiger partial charge is 0.272 e. The van der Waals surface area contributed by atoms with Gasteiger partial charge >= 0.3 is 0 Å². The number of benzene rings is 2. The quantitative estimate of drug-likeness (QED) is 0.440. The Morgan fingerprint density at radius 1 is 0.939 bits per heavy atom.